The monoisotopic (exact) mass is 408 g/mol. The van der Waals surface area contributed by atoms with Crippen LogP contribution in [0.4, 0.5) is 5.69 Å². The van der Waals surface area contributed by atoms with Gasteiger partial charge in [0, 0.05) is 19.2 Å². The van der Waals surface area contributed by atoms with Gasteiger partial charge in [-0.05, 0) is 48.7 Å². The van der Waals surface area contributed by atoms with Crippen molar-refractivity contribution >= 4 is 21.6 Å². The van der Waals surface area contributed by atoms with Gasteiger partial charge in [0.05, 0.1) is 10.6 Å². The molecule has 0 aliphatic rings. The van der Waals surface area contributed by atoms with Crippen LogP contribution in [0.25, 0.3) is 0 Å². The highest BCUT2D eigenvalue weighted by Crippen LogP contribution is 2.22. The minimum Gasteiger partial charge on any atom is -0.352 e. The Morgan fingerprint density at radius 2 is 1.55 bits per heavy atom. The van der Waals surface area contributed by atoms with Gasteiger partial charge in [-0.3, -0.25) is 9.10 Å². The van der Waals surface area contributed by atoms with E-state index in [1.165, 1.54) is 29.0 Å². The van der Waals surface area contributed by atoms with Gasteiger partial charge in [-0.25, -0.2) is 8.42 Å². The van der Waals surface area contributed by atoms with Gasteiger partial charge in [0.2, 0.25) is 0 Å². The Morgan fingerprint density at radius 1 is 0.897 bits per heavy atom. The molecule has 1 N–H and O–H groups in total. The van der Waals surface area contributed by atoms with Crippen LogP contribution < -0.4 is 9.62 Å². The second kappa shape index (κ2) is 9.39. The minimum absolute atomic E-state index is 0.0841. The Hall–Kier alpha value is -3.12. The number of hydrogen-bond acceptors (Lipinski definition) is 3. The van der Waals surface area contributed by atoms with Gasteiger partial charge in [-0.2, -0.15) is 0 Å². The lowest BCUT2D eigenvalue weighted by molar-refractivity contribution is 0.0953. The van der Waals surface area contributed by atoms with Crippen molar-refractivity contribution in [2.75, 3.05) is 17.9 Å². The summed E-state index contributed by atoms with van der Waals surface area (Å²) in [5.74, 6) is -0.280. The van der Waals surface area contributed by atoms with E-state index < -0.39 is 10.0 Å². The van der Waals surface area contributed by atoms with Crippen LogP contribution in [0, 0.1) is 0 Å². The number of para-hydroxylation sites is 1. The van der Waals surface area contributed by atoms with Crippen molar-refractivity contribution in [3.05, 3.63) is 96.1 Å². The van der Waals surface area contributed by atoms with Crippen LogP contribution in [0.5, 0.6) is 0 Å². The molecule has 0 bridgehead atoms. The molecule has 29 heavy (non-hydrogen) atoms. The fraction of sp³-hybridized carbons (Fsp3) is 0.174. The van der Waals surface area contributed by atoms with Crippen molar-refractivity contribution in [1.82, 2.24) is 5.32 Å². The van der Waals surface area contributed by atoms with Gasteiger partial charge < -0.3 is 5.32 Å². The van der Waals surface area contributed by atoms with E-state index >= 15 is 0 Å². The Kier molecular flexibility index (Phi) is 6.67. The van der Waals surface area contributed by atoms with Crippen molar-refractivity contribution in [2.24, 2.45) is 0 Å². The molecule has 0 aromatic heterocycles. The third kappa shape index (κ3) is 5.23. The highest BCUT2D eigenvalue weighted by atomic mass is 32.2. The molecule has 0 saturated carbocycles. The average molecular weight is 409 g/mol. The van der Waals surface area contributed by atoms with E-state index in [1.807, 2.05) is 24.3 Å². The van der Waals surface area contributed by atoms with E-state index in [0.29, 0.717) is 17.8 Å². The van der Waals surface area contributed by atoms with Crippen LogP contribution in [0.1, 0.15) is 22.3 Å². The summed E-state index contributed by atoms with van der Waals surface area (Å²) in [5, 5.41) is 2.86. The van der Waals surface area contributed by atoms with Gasteiger partial charge in [0.25, 0.3) is 15.9 Å². The second-order valence-electron chi connectivity index (χ2n) is 6.68. The summed E-state index contributed by atoms with van der Waals surface area (Å²) in [7, 11) is -2.25. The maximum Gasteiger partial charge on any atom is 0.264 e. The third-order valence-electron chi connectivity index (χ3n) is 4.65. The van der Waals surface area contributed by atoms with Crippen LogP contribution in [0.3, 0.4) is 0 Å². The molecule has 150 valence electrons. The Bertz CT molecular complexity index is 1050. The average Bonchev–Trinajstić information content (AvgIpc) is 2.77. The molecule has 0 atom stereocenters. The third-order valence-corrected chi connectivity index (χ3v) is 6.43. The van der Waals surface area contributed by atoms with Crippen molar-refractivity contribution in [3.63, 3.8) is 0 Å². The lowest BCUT2D eigenvalue weighted by Crippen LogP contribution is -2.28. The topological polar surface area (TPSA) is 66.5 Å². The van der Waals surface area contributed by atoms with E-state index in [2.05, 4.69) is 17.4 Å². The second-order valence-corrected chi connectivity index (χ2v) is 8.65. The van der Waals surface area contributed by atoms with E-state index in [1.54, 1.807) is 36.4 Å². The zero-order valence-electron chi connectivity index (χ0n) is 16.3. The number of rotatable bonds is 8. The predicted octanol–water partition coefficient (Wildman–Crippen LogP) is 3.87. The lowest BCUT2D eigenvalue weighted by Gasteiger charge is -2.19. The Balaban J connectivity index is 1.64. The number of hydrogen-bond donors (Lipinski definition) is 1. The first-order valence-corrected chi connectivity index (χ1v) is 10.9. The predicted molar refractivity (Wildman–Crippen MR) is 116 cm³/mol. The summed E-state index contributed by atoms with van der Waals surface area (Å²) in [5.41, 5.74) is 2.11. The number of benzene rings is 3. The zero-order chi connectivity index (χ0) is 20.7. The van der Waals surface area contributed by atoms with Crippen molar-refractivity contribution < 1.29 is 13.2 Å². The quantitative estimate of drug-likeness (QED) is 0.575. The van der Waals surface area contributed by atoms with Gasteiger partial charge in [-0.15, -0.1) is 0 Å². The summed E-state index contributed by atoms with van der Waals surface area (Å²) in [4.78, 5) is 12.5. The van der Waals surface area contributed by atoms with Gasteiger partial charge in [0.1, 0.15) is 0 Å². The summed E-state index contributed by atoms with van der Waals surface area (Å²) in [6.45, 7) is 0.522. The molecule has 0 fully saturated rings. The first-order chi connectivity index (χ1) is 14.0. The Labute approximate surface area is 172 Å². The first-order valence-electron chi connectivity index (χ1n) is 9.44. The molecular formula is C23H24N2O3S. The fourth-order valence-electron chi connectivity index (χ4n) is 2.97. The Morgan fingerprint density at radius 3 is 2.24 bits per heavy atom. The molecule has 3 rings (SSSR count). The van der Waals surface area contributed by atoms with Crippen LogP contribution in [0.2, 0.25) is 0 Å². The van der Waals surface area contributed by atoms with Crippen LogP contribution >= 0.6 is 0 Å². The zero-order valence-corrected chi connectivity index (χ0v) is 17.1. The molecule has 5 nitrogen and oxygen atoms in total. The molecule has 0 saturated heterocycles. The summed E-state index contributed by atoms with van der Waals surface area (Å²) >= 11 is 0. The van der Waals surface area contributed by atoms with Crippen molar-refractivity contribution in [2.45, 2.75) is 17.7 Å². The molecule has 0 spiro atoms. The fourth-order valence-corrected chi connectivity index (χ4v) is 4.22. The summed E-state index contributed by atoms with van der Waals surface area (Å²) < 4.78 is 27.0. The number of aryl methyl sites for hydroxylation is 1. The van der Waals surface area contributed by atoms with Gasteiger partial charge >= 0.3 is 0 Å². The van der Waals surface area contributed by atoms with Gasteiger partial charge in [-0.1, -0.05) is 54.6 Å². The summed E-state index contributed by atoms with van der Waals surface area (Å²) in [6, 6.07) is 25.0. The van der Waals surface area contributed by atoms with Gasteiger partial charge in [0.15, 0.2) is 0 Å². The molecule has 1 amide bonds. The van der Waals surface area contributed by atoms with E-state index in [-0.39, 0.29) is 10.8 Å². The number of carbonyl (C=O) groups excluding carboxylic acids is 1. The highest BCUT2D eigenvalue weighted by molar-refractivity contribution is 7.92. The van der Waals surface area contributed by atoms with E-state index in [9.17, 15) is 13.2 Å². The maximum atomic E-state index is 12.9. The standard InChI is InChI=1S/C23H24N2O3S/c1-25(21-14-6-3-7-15-21)29(27,28)22-16-8-13-20(18-22)23(26)24-17-9-12-19-10-4-2-5-11-19/h2-8,10-11,13-16,18H,9,12,17H2,1H3,(H,24,26). The number of carbonyl (C=O) groups is 1. The molecule has 0 aliphatic carbocycles. The van der Waals surface area contributed by atoms with Crippen LogP contribution in [-0.4, -0.2) is 27.9 Å². The first kappa shape index (κ1) is 20.6. The largest absolute Gasteiger partial charge is 0.352 e. The molecular weight excluding hydrogens is 384 g/mol. The van der Waals surface area contributed by atoms with E-state index in [0.717, 1.165) is 12.8 Å². The molecule has 0 radical (unpaired) electrons. The number of nitrogens with one attached hydrogen (secondary N) is 1. The number of sulfonamides is 1. The highest BCUT2D eigenvalue weighted by Gasteiger charge is 2.22. The smallest absolute Gasteiger partial charge is 0.264 e. The summed E-state index contributed by atoms with van der Waals surface area (Å²) in [6.07, 6.45) is 1.68. The SMILES string of the molecule is CN(c1ccccc1)S(=O)(=O)c1cccc(C(=O)NCCCc2ccccc2)c1. The molecule has 6 heteroatoms. The molecule has 0 unspecified atom stereocenters. The van der Waals surface area contributed by atoms with Crippen molar-refractivity contribution in [3.8, 4) is 0 Å². The molecule has 3 aromatic rings. The van der Waals surface area contributed by atoms with E-state index in [4.69, 9.17) is 0 Å². The van der Waals surface area contributed by atoms with Crippen LogP contribution in [-0.2, 0) is 16.4 Å². The molecule has 3 aromatic carbocycles. The number of anilines is 1. The minimum atomic E-state index is -3.76. The van der Waals surface area contributed by atoms with Crippen molar-refractivity contribution in [1.29, 1.82) is 0 Å². The normalized spacial score (nSPS) is 11.1. The number of nitrogens with zero attached hydrogens (tertiary/aromatic N) is 1. The number of amides is 1. The molecule has 0 aliphatic heterocycles. The maximum absolute atomic E-state index is 12.9. The lowest BCUT2D eigenvalue weighted by atomic mass is 10.1. The molecule has 0 heterocycles. The van der Waals surface area contributed by atoms with Crippen LogP contribution in [0.15, 0.2) is 89.8 Å².